The normalized spacial score (nSPS) is 11.8. The van der Waals surface area contributed by atoms with Crippen LogP contribution in [0.3, 0.4) is 0 Å². The van der Waals surface area contributed by atoms with Gasteiger partial charge < -0.3 is 4.57 Å². The molecule has 8 aromatic rings. The van der Waals surface area contributed by atoms with Gasteiger partial charge >= 0.3 is 0 Å². The quantitative estimate of drug-likeness (QED) is 0.173. The summed E-state index contributed by atoms with van der Waals surface area (Å²) < 4.78 is 2.54. The molecule has 0 fully saturated rings. The zero-order valence-corrected chi connectivity index (χ0v) is 21.7. The minimum Gasteiger partial charge on any atom is -0.363 e. The third-order valence-corrected chi connectivity index (χ3v) is 9.16. The molecule has 0 unspecified atom stereocenters. The third-order valence-electron chi connectivity index (χ3n) is 7.78. The third kappa shape index (κ3) is 3.24. The molecular formula is C36H23NSi. The lowest BCUT2D eigenvalue weighted by molar-refractivity contribution is 1.45. The molecule has 0 aliphatic heterocycles. The molecule has 2 radical (unpaired) electrons. The molecule has 0 amide bonds. The average Bonchev–Trinajstić information content (AvgIpc) is 2.99. The lowest BCUT2D eigenvalue weighted by Gasteiger charge is -2.28. The van der Waals surface area contributed by atoms with Crippen LogP contribution in [0.15, 0.2) is 140 Å². The van der Waals surface area contributed by atoms with Crippen LogP contribution >= 0.6 is 0 Å². The minimum atomic E-state index is 0.428. The molecular weight excluding hydrogens is 474 g/mol. The predicted molar refractivity (Wildman–Crippen MR) is 166 cm³/mol. The van der Waals surface area contributed by atoms with Crippen LogP contribution in [0.4, 0.5) is 11.4 Å². The number of nitrogens with zero attached hydrogens (tertiary/aromatic N) is 1. The van der Waals surface area contributed by atoms with Crippen LogP contribution in [-0.4, -0.2) is 9.68 Å². The van der Waals surface area contributed by atoms with E-state index in [1.165, 1.54) is 70.4 Å². The summed E-state index contributed by atoms with van der Waals surface area (Å²) in [6.07, 6.45) is 0. The van der Waals surface area contributed by atoms with E-state index in [1.807, 2.05) is 0 Å². The van der Waals surface area contributed by atoms with E-state index in [0.29, 0.717) is 9.68 Å². The van der Waals surface area contributed by atoms with Crippen molar-refractivity contribution in [2.24, 2.45) is 0 Å². The first kappa shape index (κ1) is 21.4. The van der Waals surface area contributed by atoms with E-state index in [-0.39, 0.29) is 0 Å². The fourth-order valence-electron chi connectivity index (χ4n) is 6.01. The Bertz CT molecular complexity index is 2020. The summed E-state index contributed by atoms with van der Waals surface area (Å²) in [5.41, 5.74) is 2.48. The second kappa shape index (κ2) is 8.44. The Hall–Kier alpha value is -4.66. The smallest absolute Gasteiger partial charge is 0.227 e. The van der Waals surface area contributed by atoms with Gasteiger partial charge in [-0.2, -0.15) is 0 Å². The summed E-state index contributed by atoms with van der Waals surface area (Å²) >= 11 is 0. The second-order valence-electron chi connectivity index (χ2n) is 9.91. The van der Waals surface area contributed by atoms with Crippen molar-refractivity contribution in [3.63, 3.8) is 0 Å². The van der Waals surface area contributed by atoms with E-state index in [2.05, 4.69) is 144 Å². The molecule has 0 aliphatic carbocycles. The van der Waals surface area contributed by atoms with E-state index in [1.54, 1.807) is 0 Å². The van der Waals surface area contributed by atoms with Gasteiger partial charge in [-0.05, 0) is 60.4 Å². The van der Waals surface area contributed by atoms with Crippen molar-refractivity contribution in [2.75, 3.05) is 4.57 Å². The Morgan fingerprint density at radius 2 is 0.816 bits per heavy atom. The molecule has 8 rings (SSSR count). The fourth-order valence-corrected chi connectivity index (χ4v) is 7.37. The Kier molecular flexibility index (Phi) is 4.76. The van der Waals surface area contributed by atoms with Gasteiger partial charge in [0.15, 0.2) is 0 Å². The maximum Gasteiger partial charge on any atom is 0.227 e. The molecule has 176 valence electrons. The number of hydrogen-bond donors (Lipinski definition) is 0. The lowest BCUT2D eigenvalue weighted by Crippen LogP contribution is -2.33. The number of hydrogen-bond acceptors (Lipinski definition) is 1. The van der Waals surface area contributed by atoms with Crippen LogP contribution < -0.4 is 9.75 Å². The standard InChI is InChI=1S/C36H23NSi/c1-3-14-29-24(8-1)10-6-16-32(29)37(33-17-7-11-25-9-2-4-15-30(25)33)38-34-23-21-28-19-18-26-12-5-13-27-20-22-31(34)36(28)35(26)27/h1-23H. The second-order valence-corrected chi connectivity index (χ2v) is 11.1. The summed E-state index contributed by atoms with van der Waals surface area (Å²) in [6.45, 7) is 0. The Labute approximate surface area is 223 Å². The monoisotopic (exact) mass is 497 g/mol. The predicted octanol–water partition coefficient (Wildman–Crippen LogP) is 8.97. The van der Waals surface area contributed by atoms with Crippen LogP contribution in [0.1, 0.15) is 0 Å². The molecule has 8 aromatic carbocycles. The van der Waals surface area contributed by atoms with Crippen molar-refractivity contribution in [3.8, 4) is 0 Å². The first-order valence-corrected chi connectivity index (χ1v) is 14.0. The van der Waals surface area contributed by atoms with Crippen molar-refractivity contribution in [1.29, 1.82) is 0 Å². The lowest BCUT2D eigenvalue weighted by atomic mass is 9.94. The highest BCUT2D eigenvalue weighted by Crippen LogP contribution is 2.37. The summed E-state index contributed by atoms with van der Waals surface area (Å²) in [5.74, 6) is 0. The molecule has 38 heavy (non-hydrogen) atoms. The van der Waals surface area contributed by atoms with Crippen molar-refractivity contribution in [3.05, 3.63) is 140 Å². The van der Waals surface area contributed by atoms with E-state index in [0.717, 1.165) is 0 Å². The van der Waals surface area contributed by atoms with Gasteiger partial charge in [-0.1, -0.05) is 127 Å². The number of benzene rings is 8. The van der Waals surface area contributed by atoms with Crippen LogP contribution in [0.5, 0.6) is 0 Å². The molecule has 0 atom stereocenters. The van der Waals surface area contributed by atoms with E-state index < -0.39 is 0 Å². The van der Waals surface area contributed by atoms with Crippen LogP contribution in [-0.2, 0) is 0 Å². The number of rotatable bonds is 4. The molecule has 0 heterocycles. The molecule has 0 aromatic heterocycles. The Morgan fingerprint density at radius 3 is 1.47 bits per heavy atom. The molecule has 0 N–H and O–H groups in total. The molecule has 0 aliphatic rings. The van der Waals surface area contributed by atoms with E-state index in [9.17, 15) is 0 Å². The number of fused-ring (bicyclic) bond motifs is 2. The zero-order valence-electron chi connectivity index (χ0n) is 20.7. The zero-order chi connectivity index (χ0) is 25.1. The van der Waals surface area contributed by atoms with Crippen molar-refractivity contribution < 1.29 is 0 Å². The SMILES string of the molecule is c1ccc2c(N([Si]c3ccc4ccc5cccc6ccc3c4c56)c3cccc4ccccc34)cccc2c1. The van der Waals surface area contributed by atoms with Gasteiger partial charge in [0.2, 0.25) is 9.68 Å². The summed E-state index contributed by atoms with van der Waals surface area (Å²) in [6, 6.07) is 51.2. The molecule has 1 nitrogen and oxygen atoms in total. The van der Waals surface area contributed by atoms with Gasteiger partial charge in [-0.15, -0.1) is 0 Å². The maximum atomic E-state index is 2.54. The first-order valence-electron chi connectivity index (χ1n) is 13.0. The van der Waals surface area contributed by atoms with Crippen molar-refractivity contribution in [2.45, 2.75) is 0 Å². The van der Waals surface area contributed by atoms with Crippen LogP contribution in [0.2, 0.25) is 0 Å². The molecule has 0 bridgehead atoms. The van der Waals surface area contributed by atoms with Gasteiger partial charge in [0.1, 0.15) is 0 Å². The van der Waals surface area contributed by atoms with Gasteiger partial charge in [-0.3, -0.25) is 0 Å². The Balaban J connectivity index is 1.40. The van der Waals surface area contributed by atoms with Gasteiger partial charge in [0, 0.05) is 22.1 Å². The number of anilines is 2. The molecule has 0 spiro atoms. The molecule has 0 saturated carbocycles. The average molecular weight is 498 g/mol. The van der Waals surface area contributed by atoms with Gasteiger partial charge in [0.25, 0.3) is 0 Å². The van der Waals surface area contributed by atoms with E-state index in [4.69, 9.17) is 0 Å². The first-order chi connectivity index (χ1) is 18.8. The van der Waals surface area contributed by atoms with Crippen LogP contribution in [0, 0.1) is 0 Å². The highest BCUT2D eigenvalue weighted by atomic mass is 28.2. The highest BCUT2D eigenvalue weighted by molar-refractivity contribution is 6.64. The largest absolute Gasteiger partial charge is 0.363 e. The maximum absolute atomic E-state index is 2.54. The van der Waals surface area contributed by atoms with Gasteiger partial charge in [0.05, 0.1) is 0 Å². The topological polar surface area (TPSA) is 3.24 Å². The van der Waals surface area contributed by atoms with E-state index >= 15 is 0 Å². The summed E-state index contributed by atoms with van der Waals surface area (Å²) in [5, 5.41) is 14.4. The Morgan fingerprint density at radius 1 is 0.342 bits per heavy atom. The van der Waals surface area contributed by atoms with Crippen molar-refractivity contribution in [1.82, 2.24) is 0 Å². The minimum absolute atomic E-state index is 0.428. The summed E-state index contributed by atoms with van der Waals surface area (Å²) in [7, 11) is 0.428. The highest BCUT2D eigenvalue weighted by Gasteiger charge is 2.19. The van der Waals surface area contributed by atoms with Gasteiger partial charge in [-0.25, -0.2) is 0 Å². The summed E-state index contributed by atoms with van der Waals surface area (Å²) in [4.78, 5) is 0. The molecule has 0 saturated heterocycles. The molecule has 2 heteroatoms. The van der Waals surface area contributed by atoms with Crippen LogP contribution in [0.25, 0.3) is 53.9 Å². The van der Waals surface area contributed by atoms with Crippen molar-refractivity contribution >= 4 is 80.1 Å². The fraction of sp³-hybridized carbons (Fsp3) is 0.